The molecular formula is C31H36ClN5O5. The standard InChI is InChI=1S/C31H36ClN5O5/c1-20(2)31(42)36-17-18-37(22-15-13-21(32)14-16-22)26(19-36)29(40)35-25-11-5-3-4-6-12-27(38)33-23-9-7-8-10-24(23)34-30(41)28(25)39/h5,7-11,13-16,20,25-26H,3-4,6,12,17-19H2,1-2H3,(H,33,38)(H,34,41)(H,35,40)/b11-5+/t25?,26-/m1/s1. The lowest BCUT2D eigenvalue weighted by Crippen LogP contribution is -2.62. The number of fused-ring (bicyclic) bond motifs is 1. The molecule has 1 unspecified atom stereocenters. The summed E-state index contributed by atoms with van der Waals surface area (Å²) in [5, 5.41) is 8.68. The fraction of sp³-hybridized carbons (Fsp3) is 0.387. The summed E-state index contributed by atoms with van der Waals surface area (Å²) in [6.07, 6.45) is 5.44. The second kappa shape index (κ2) is 14.1. The number of anilines is 3. The largest absolute Gasteiger partial charge is 0.356 e. The van der Waals surface area contributed by atoms with Crippen molar-refractivity contribution in [2.24, 2.45) is 5.92 Å². The van der Waals surface area contributed by atoms with Gasteiger partial charge in [0.25, 0.3) is 5.91 Å². The Kier molecular flexibility index (Phi) is 10.4. The van der Waals surface area contributed by atoms with Crippen LogP contribution in [0.5, 0.6) is 0 Å². The van der Waals surface area contributed by atoms with Crippen LogP contribution in [0.25, 0.3) is 0 Å². The Morgan fingerprint density at radius 2 is 1.64 bits per heavy atom. The third kappa shape index (κ3) is 7.76. The third-order valence-electron chi connectivity index (χ3n) is 7.25. The Labute approximate surface area is 250 Å². The molecule has 2 atom stereocenters. The first-order valence-corrected chi connectivity index (χ1v) is 14.5. The highest BCUT2D eigenvalue weighted by Gasteiger charge is 2.37. The summed E-state index contributed by atoms with van der Waals surface area (Å²) in [5.74, 6) is -2.77. The average molecular weight is 594 g/mol. The van der Waals surface area contributed by atoms with Crippen molar-refractivity contribution in [1.29, 1.82) is 0 Å². The molecule has 42 heavy (non-hydrogen) atoms. The van der Waals surface area contributed by atoms with E-state index in [0.29, 0.717) is 49.5 Å². The summed E-state index contributed by atoms with van der Waals surface area (Å²) >= 11 is 6.09. The molecule has 3 N–H and O–H groups in total. The molecule has 0 bridgehead atoms. The Bertz CT molecular complexity index is 1360. The first-order valence-electron chi connectivity index (χ1n) is 14.2. The first kappa shape index (κ1) is 30.8. The number of carbonyl (C=O) groups is 5. The molecule has 2 aromatic rings. The van der Waals surface area contributed by atoms with E-state index in [1.165, 1.54) is 6.08 Å². The van der Waals surface area contributed by atoms with Gasteiger partial charge in [-0.1, -0.05) is 49.7 Å². The Balaban J connectivity index is 1.59. The molecule has 0 saturated carbocycles. The summed E-state index contributed by atoms with van der Waals surface area (Å²) in [4.78, 5) is 69.1. The minimum Gasteiger partial charge on any atom is -0.356 e. The van der Waals surface area contributed by atoms with Gasteiger partial charge in [0.2, 0.25) is 23.5 Å². The zero-order chi connectivity index (χ0) is 30.2. The number of allylic oxidation sites excluding steroid dienone is 1. The van der Waals surface area contributed by atoms with E-state index in [2.05, 4.69) is 16.0 Å². The number of benzene rings is 2. The highest BCUT2D eigenvalue weighted by atomic mass is 35.5. The minimum absolute atomic E-state index is 0.0670. The van der Waals surface area contributed by atoms with E-state index in [1.807, 2.05) is 18.7 Å². The van der Waals surface area contributed by atoms with Crippen LogP contribution in [-0.2, 0) is 24.0 Å². The molecule has 2 heterocycles. The van der Waals surface area contributed by atoms with Gasteiger partial charge in [0, 0.05) is 36.1 Å². The van der Waals surface area contributed by atoms with Crippen molar-refractivity contribution in [3.8, 4) is 0 Å². The molecule has 1 saturated heterocycles. The number of halogens is 1. The van der Waals surface area contributed by atoms with Crippen molar-refractivity contribution >= 4 is 58.1 Å². The molecule has 11 heteroatoms. The predicted octanol–water partition coefficient (Wildman–Crippen LogP) is 3.77. The highest BCUT2D eigenvalue weighted by Crippen LogP contribution is 2.25. The van der Waals surface area contributed by atoms with Crippen LogP contribution in [0, 0.1) is 5.92 Å². The van der Waals surface area contributed by atoms with Crippen molar-refractivity contribution < 1.29 is 24.0 Å². The number of carbonyl (C=O) groups excluding carboxylic acids is 5. The van der Waals surface area contributed by atoms with Crippen LogP contribution in [0.15, 0.2) is 60.7 Å². The summed E-state index contributed by atoms with van der Waals surface area (Å²) in [7, 11) is 0. The monoisotopic (exact) mass is 593 g/mol. The molecule has 222 valence electrons. The van der Waals surface area contributed by atoms with Crippen molar-refractivity contribution in [1.82, 2.24) is 10.2 Å². The topological polar surface area (TPSA) is 128 Å². The number of amides is 4. The van der Waals surface area contributed by atoms with E-state index >= 15 is 0 Å². The molecule has 4 amide bonds. The number of piperazine rings is 1. The van der Waals surface area contributed by atoms with Gasteiger partial charge in [-0.25, -0.2) is 0 Å². The number of rotatable bonds is 4. The van der Waals surface area contributed by atoms with Crippen LogP contribution < -0.4 is 20.9 Å². The highest BCUT2D eigenvalue weighted by molar-refractivity contribution is 6.43. The lowest BCUT2D eigenvalue weighted by molar-refractivity contribution is -0.138. The van der Waals surface area contributed by atoms with E-state index in [-0.39, 0.29) is 30.0 Å². The summed E-state index contributed by atoms with van der Waals surface area (Å²) in [5.41, 5.74) is 1.41. The molecule has 0 spiro atoms. The average Bonchev–Trinajstić information content (AvgIpc) is 2.98. The second-order valence-corrected chi connectivity index (χ2v) is 11.1. The number of nitrogens with zero attached hydrogens (tertiary/aromatic N) is 2. The molecule has 1 fully saturated rings. The number of para-hydroxylation sites is 2. The van der Waals surface area contributed by atoms with E-state index in [0.717, 1.165) is 5.69 Å². The van der Waals surface area contributed by atoms with Crippen LogP contribution in [0.2, 0.25) is 5.02 Å². The number of hydrogen-bond acceptors (Lipinski definition) is 6. The van der Waals surface area contributed by atoms with Gasteiger partial charge in [-0.2, -0.15) is 0 Å². The normalized spacial score (nSPS) is 21.1. The molecular weight excluding hydrogens is 558 g/mol. The van der Waals surface area contributed by atoms with Gasteiger partial charge < -0.3 is 25.8 Å². The molecule has 0 aromatic heterocycles. The second-order valence-electron chi connectivity index (χ2n) is 10.7. The van der Waals surface area contributed by atoms with Crippen LogP contribution in [-0.4, -0.2) is 66.0 Å². The smallest absolute Gasteiger partial charge is 0.294 e. The van der Waals surface area contributed by atoms with Crippen LogP contribution >= 0.6 is 11.6 Å². The van der Waals surface area contributed by atoms with Crippen molar-refractivity contribution in [2.75, 3.05) is 35.2 Å². The Morgan fingerprint density at radius 1 is 0.952 bits per heavy atom. The van der Waals surface area contributed by atoms with Crippen LogP contribution in [0.4, 0.5) is 17.1 Å². The maximum Gasteiger partial charge on any atom is 0.294 e. The first-order chi connectivity index (χ1) is 20.1. The van der Waals surface area contributed by atoms with Gasteiger partial charge in [-0.3, -0.25) is 24.0 Å². The van der Waals surface area contributed by atoms with Crippen LogP contribution in [0.1, 0.15) is 39.5 Å². The van der Waals surface area contributed by atoms with Gasteiger partial charge in [-0.15, -0.1) is 0 Å². The molecule has 2 aliphatic rings. The van der Waals surface area contributed by atoms with E-state index in [4.69, 9.17) is 11.6 Å². The van der Waals surface area contributed by atoms with E-state index in [9.17, 15) is 24.0 Å². The van der Waals surface area contributed by atoms with Crippen LogP contribution in [0.3, 0.4) is 0 Å². The van der Waals surface area contributed by atoms with Gasteiger partial charge >= 0.3 is 0 Å². The molecule has 4 rings (SSSR count). The number of Topliss-reactive ketones (excluding diaryl/α,β-unsaturated/α-hetero) is 1. The number of hydrogen-bond donors (Lipinski definition) is 3. The Morgan fingerprint density at radius 3 is 2.33 bits per heavy atom. The van der Waals surface area contributed by atoms with E-state index in [1.54, 1.807) is 59.5 Å². The molecule has 0 radical (unpaired) electrons. The zero-order valence-corrected chi connectivity index (χ0v) is 24.5. The molecule has 0 aliphatic carbocycles. The summed E-state index contributed by atoms with van der Waals surface area (Å²) in [6, 6.07) is 11.6. The Hall–Kier alpha value is -4.18. The van der Waals surface area contributed by atoms with Gasteiger partial charge in [0.1, 0.15) is 12.1 Å². The molecule has 2 aliphatic heterocycles. The molecule has 2 aromatic carbocycles. The SMILES string of the molecule is CC(C)C(=O)N1CCN(c2ccc(Cl)cc2)[C@@H](C(=O)NC2/C=C/CCCCC(=O)Nc3ccccc3NC(=O)C2=O)C1. The molecule has 10 nitrogen and oxygen atoms in total. The van der Waals surface area contributed by atoms with Gasteiger partial charge in [0.15, 0.2) is 0 Å². The maximum atomic E-state index is 13.8. The zero-order valence-electron chi connectivity index (χ0n) is 23.8. The lowest BCUT2D eigenvalue weighted by atomic mass is 10.0. The lowest BCUT2D eigenvalue weighted by Gasteiger charge is -2.42. The number of ketones is 1. The third-order valence-corrected chi connectivity index (χ3v) is 7.51. The minimum atomic E-state index is -1.23. The summed E-state index contributed by atoms with van der Waals surface area (Å²) in [6.45, 7) is 4.57. The predicted molar refractivity (Wildman–Crippen MR) is 162 cm³/mol. The summed E-state index contributed by atoms with van der Waals surface area (Å²) < 4.78 is 0. The van der Waals surface area contributed by atoms with Crippen molar-refractivity contribution in [2.45, 2.75) is 51.6 Å². The number of nitrogens with one attached hydrogen (secondary N) is 3. The van der Waals surface area contributed by atoms with Gasteiger partial charge in [-0.05, 0) is 55.7 Å². The van der Waals surface area contributed by atoms with Gasteiger partial charge in [0.05, 0.1) is 17.9 Å². The van der Waals surface area contributed by atoms with Crippen molar-refractivity contribution in [3.63, 3.8) is 0 Å². The fourth-order valence-electron chi connectivity index (χ4n) is 4.98. The maximum absolute atomic E-state index is 13.8. The quantitative estimate of drug-likeness (QED) is 0.366. The van der Waals surface area contributed by atoms with Crippen molar-refractivity contribution in [3.05, 3.63) is 65.7 Å². The van der Waals surface area contributed by atoms with E-state index < -0.39 is 29.7 Å². The fourth-order valence-corrected chi connectivity index (χ4v) is 5.11.